The van der Waals surface area contributed by atoms with Crippen molar-refractivity contribution in [3.8, 4) is 0 Å². The lowest BCUT2D eigenvalue weighted by atomic mass is 9.93. The zero-order chi connectivity index (χ0) is 19.4. The smallest absolute Gasteiger partial charge is 0.257 e. The van der Waals surface area contributed by atoms with Crippen LogP contribution in [0.5, 0.6) is 0 Å². The normalized spacial score (nSPS) is 13.0. The first-order valence-electron chi connectivity index (χ1n) is 8.92. The van der Waals surface area contributed by atoms with Crippen LogP contribution in [0.3, 0.4) is 0 Å². The summed E-state index contributed by atoms with van der Waals surface area (Å²) in [5.41, 5.74) is 2.28. The van der Waals surface area contributed by atoms with Gasteiger partial charge in [-0.05, 0) is 25.0 Å². The number of aryl methyl sites for hydroxylation is 1. The SMILES string of the molecule is CC(=O)N(C)CCNc1ccc(NC(=O)c2c[nH]c3c2C(=O)CCC3)cn1. The van der Waals surface area contributed by atoms with Crippen LogP contribution in [0.2, 0.25) is 0 Å². The highest BCUT2D eigenvalue weighted by Crippen LogP contribution is 2.24. The summed E-state index contributed by atoms with van der Waals surface area (Å²) in [4.78, 5) is 44.7. The molecule has 1 aliphatic rings. The van der Waals surface area contributed by atoms with E-state index in [2.05, 4.69) is 20.6 Å². The summed E-state index contributed by atoms with van der Waals surface area (Å²) in [5, 5.41) is 5.90. The number of likely N-dealkylation sites (N-methyl/N-ethyl adjacent to an activating group) is 1. The van der Waals surface area contributed by atoms with E-state index in [1.165, 1.54) is 6.92 Å². The number of hydrogen-bond acceptors (Lipinski definition) is 5. The van der Waals surface area contributed by atoms with Gasteiger partial charge < -0.3 is 20.5 Å². The standard InChI is InChI=1S/C19H23N5O3/c1-12(25)24(2)9-8-20-17-7-6-13(10-22-17)23-19(27)14-11-21-15-4-3-5-16(26)18(14)15/h6-7,10-11,21H,3-5,8-9H2,1-2H3,(H,20,22)(H,23,27). The molecule has 3 rings (SSSR count). The van der Waals surface area contributed by atoms with E-state index in [0.29, 0.717) is 42.1 Å². The Kier molecular flexibility index (Phi) is 5.54. The molecule has 2 heterocycles. The van der Waals surface area contributed by atoms with Gasteiger partial charge in [0.15, 0.2) is 5.78 Å². The minimum atomic E-state index is -0.326. The molecule has 8 nitrogen and oxygen atoms in total. The van der Waals surface area contributed by atoms with Crippen LogP contribution in [0.25, 0.3) is 0 Å². The fourth-order valence-electron chi connectivity index (χ4n) is 2.99. The number of Topliss-reactive ketones (excluding diaryl/α,β-unsaturated/α-hetero) is 1. The van der Waals surface area contributed by atoms with Crippen LogP contribution in [0.4, 0.5) is 11.5 Å². The molecule has 0 aliphatic heterocycles. The monoisotopic (exact) mass is 369 g/mol. The third kappa shape index (κ3) is 4.33. The maximum Gasteiger partial charge on any atom is 0.257 e. The van der Waals surface area contributed by atoms with E-state index in [1.54, 1.807) is 36.5 Å². The van der Waals surface area contributed by atoms with Crippen molar-refractivity contribution < 1.29 is 14.4 Å². The molecule has 0 fully saturated rings. The van der Waals surface area contributed by atoms with Crippen LogP contribution in [-0.2, 0) is 11.2 Å². The predicted molar refractivity (Wildman–Crippen MR) is 102 cm³/mol. The first kappa shape index (κ1) is 18.6. The number of H-pyrrole nitrogens is 1. The molecule has 0 saturated heterocycles. The van der Waals surface area contributed by atoms with Crippen molar-refractivity contribution in [2.45, 2.75) is 26.2 Å². The number of hydrogen-bond donors (Lipinski definition) is 3. The van der Waals surface area contributed by atoms with Crippen molar-refractivity contribution in [3.05, 3.63) is 41.3 Å². The third-order valence-corrected chi connectivity index (χ3v) is 4.63. The highest BCUT2D eigenvalue weighted by molar-refractivity contribution is 6.13. The average molecular weight is 369 g/mol. The second-order valence-electron chi connectivity index (χ2n) is 6.59. The molecule has 0 atom stereocenters. The van der Waals surface area contributed by atoms with Gasteiger partial charge in [-0.15, -0.1) is 0 Å². The Hall–Kier alpha value is -3.16. The van der Waals surface area contributed by atoms with Gasteiger partial charge in [0.1, 0.15) is 5.82 Å². The Morgan fingerprint density at radius 3 is 2.81 bits per heavy atom. The zero-order valence-corrected chi connectivity index (χ0v) is 15.5. The van der Waals surface area contributed by atoms with E-state index >= 15 is 0 Å². The Labute approximate surface area is 157 Å². The number of anilines is 2. The van der Waals surface area contributed by atoms with Gasteiger partial charge in [0.2, 0.25) is 5.91 Å². The van der Waals surface area contributed by atoms with Gasteiger partial charge in [0.05, 0.1) is 23.0 Å². The predicted octanol–water partition coefficient (Wildman–Crippen LogP) is 2.07. The molecule has 0 saturated carbocycles. The van der Waals surface area contributed by atoms with Gasteiger partial charge in [-0.1, -0.05) is 0 Å². The summed E-state index contributed by atoms with van der Waals surface area (Å²) in [7, 11) is 1.74. The average Bonchev–Trinajstić information content (AvgIpc) is 3.08. The fraction of sp³-hybridized carbons (Fsp3) is 0.368. The van der Waals surface area contributed by atoms with Gasteiger partial charge in [-0.3, -0.25) is 14.4 Å². The van der Waals surface area contributed by atoms with E-state index in [1.807, 2.05) is 0 Å². The number of nitrogens with one attached hydrogen (secondary N) is 3. The maximum absolute atomic E-state index is 12.5. The molecule has 0 spiro atoms. The number of fused-ring (bicyclic) bond motifs is 1. The number of ketones is 1. The van der Waals surface area contributed by atoms with Crippen LogP contribution in [0.15, 0.2) is 24.5 Å². The lowest BCUT2D eigenvalue weighted by molar-refractivity contribution is -0.127. The van der Waals surface area contributed by atoms with E-state index in [9.17, 15) is 14.4 Å². The number of carbonyl (C=O) groups is 3. The minimum Gasteiger partial charge on any atom is -0.368 e. The summed E-state index contributed by atoms with van der Waals surface area (Å²) < 4.78 is 0. The van der Waals surface area contributed by atoms with Crippen molar-refractivity contribution >= 4 is 29.1 Å². The van der Waals surface area contributed by atoms with Gasteiger partial charge in [-0.2, -0.15) is 0 Å². The first-order valence-corrected chi connectivity index (χ1v) is 8.92. The number of nitrogens with zero attached hydrogens (tertiary/aromatic N) is 2. The first-order chi connectivity index (χ1) is 13.0. The van der Waals surface area contributed by atoms with Gasteiger partial charge in [0.25, 0.3) is 5.91 Å². The summed E-state index contributed by atoms with van der Waals surface area (Å²) >= 11 is 0. The number of pyridine rings is 1. The van der Waals surface area contributed by atoms with Gasteiger partial charge in [-0.25, -0.2) is 4.98 Å². The van der Waals surface area contributed by atoms with Gasteiger partial charge >= 0.3 is 0 Å². The van der Waals surface area contributed by atoms with E-state index in [0.717, 1.165) is 18.5 Å². The highest BCUT2D eigenvalue weighted by atomic mass is 16.2. The van der Waals surface area contributed by atoms with Crippen molar-refractivity contribution in [2.75, 3.05) is 30.8 Å². The lowest BCUT2D eigenvalue weighted by Gasteiger charge is -2.15. The van der Waals surface area contributed by atoms with Crippen molar-refractivity contribution in [3.63, 3.8) is 0 Å². The molecule has 2 aromatic heterocycles. The molecule has 0 bridgehead atoms. The number of carbonyl (C=O) groups excluding carboxylic acids is 3. The quantitative estimate of drug-likeness (QED) is 0.723. The van der Waals surface area contributed by atoms with Crippen molar-refractivity contribution in [1.82, 2.24) is 14.9 Å². The topological polar surface area (TPSA) is 107 Å². The van der Waals surface area contributed by atoms with Crippen LogP contribution in [-0.4, -0.2) is 52.6 Å². The molecule has 0 aromatic carbocycles. The van der Waals surface area contributed by atoms with Crippen molar-refractivity contribution in [2.24, 2.45) is 0 Å². The largest absolute Gasteiger partial charge is 0.368 e. The third-order valence-electron chi connectivity index (χ3n) is 4.63. The van der Waals surface area contributed by atoms with E-state index in [4.69, 9.17) is 0 Å². The summed E-state index contributed by atoms with van der Waals surface area (Å²) in [5.74, 6) is 0.344. The zero-order valence-electron chi connectivity index (χ0n) is 15.5. The van der Waals surface area contributed by atoms with Crippen LogP contribution in [0, 0.1) is 0 Å². The fourth-order valence-corrected chi connectivity index (χ4v) is 2.99. The molecule has 0 radical (unpaired) electrons. The van der Waals surface area contributed by atoms with Crippen LogP contribution >= 0.6 is 0 Å². The molecule has 27 heavy (non-hydrogen) atoms. The molecule has 3 N–H and O–H groups in total. The molecular weight excluding hydrogens is 346 g/mol. The Morgan fingerprint density at radius 2 is 2.11 bits per heavy atom. The second kappa shape index (κ2) is 8.03. The summed E-state index contributed by atoms with van der Waals surface area (Å²) in [6.07, 6.45) is 5.23. The molecule has 2 aromatic rings. The summed E-state index contributed by atoms with van der Waals surface area (Å²) in [6, 6.07) is 3.49. The van der Waals surface area contributed by atoms with E-state index < -0.39 is 0 Å². The van der Waals surface area contributed by atoms with Crippen LogP contribution < -0.4 is 10.6 Å². The minimum absolute atomic E-state index is 0.00764. The highest BCUT2D eigenvalue weighted by Gasteiger charge is 2.25. The number of rotatable bonds is 6. The number of aromatic amines is 1. The molecule has 1 aliphatic carbocycles. The number of aromatic nitrogens is 2. The van der Waals surface area contributed by atoms with Crippen LogP contribution in [0.1, 0.15) is 46.2 Å². The summed E-state index contributed by atoms with van der Waals surface area (Å²) in [6.45, 7) is 2.67. The molecular formula is C19H23N5O3. The second-order valence-corrected chi connectivity index (χ2v) is 6.59. The molecule has 8 heteroatoms. The van der Waals surface area contributed by atoms with E-state index in [-0.39, 0.29) is 17.6 Å². The Balaban J connectivity index is 1.59. The maximum atomic E-state index is 12.5. The lowest BCUT2D eigenvalue weighted by Crippen LogP contribution is -2.29. The Morgan fingerprint density at radius 1 is 1.30 bits per heavy atom. The number of amides is 2. The Bertz CT molecular complexity index is 857. The van der Waals surface area contributed by atoms with Crippen molar-refractivity contribution in [1.29, 1.82) is 0 Å². The molecule has 2 amide bonds. The van der Waals surface area contributed by atoms with Gasteiger partial charge in [0, 0.05) is 45.4 Å². The molecule has 142 valence electrons. The molecule has 0 unspecified atom stereocenters.